The first-order valence-electron chi connectivity index (χ1n) is 9.30. The molecule has 2 aliphatic rings. The number of hydrogen-bond acceptors (Lipinski definition) is 3. The molecule has 1 aromatic rings. The number of likely N-dealkylation sites (tertiary alicyclic amines) is 1. The lowest BCUT2D eigenvalue weighted by Gasteiger charge is -2.35. The van der Waals surface area contributed by atoms with Gasteiger partial charge < -0.3 is 20.4 Å². The summed E-state index contributed by atoms with van der Waals surface area (Å²) in [6.45, 7) is 5.97. The van der Waals surface area contributed by atoms with Crippen LogP contribution in [0.25, 0.3) is 0 Å². The summed E-state index contributed by atoms with van der Waals surface area (Å²) in [6, 6.07) is 9.77. The Balaban J connectivity index is 1.49. The van der Waals surface area contributed by atoms with Gasteiger partial charge in [-0.25, -0.2) is 4.79 Å². The molecule has 0 spiro atoms. The number of nitrogens with zero attached hydrogens (tertiary/aromatic N) is 2. The van der Waals surface area contributed by atoms with Gasteiger partial charge in [0.2, 0.25) is 5.91 Å². The van der Waals surface area contributed by atoms with E-state index in [0.717, 1.165) is 57.7 Å². The van der Waals surface area contributed by atoms with Crippen molar-refractivity contribution in [3.63, 3.8) is 0 Å². The average molecular weight is 344 g/mol. The van der Waals surface area contributed by atoms with E-state index in [1.807, 2.05) is 47.1 Å². The van der Waals surface area contributed by atoms with Gasteiger partial charge in [0.15, 0.2) is 0 Å². The maximum atomic E-state index is 12.8. The van der Waals surface area contributed by atoms with Gasteiger partial charge in [0.1, 0.15) is 6.04 Å². The van der Waals surface area contributed by atoms with E-state index >= 15 is 0 Å². The molecular weight excluding hydrogens is 316 g/mol. The number of urea groups is 1. The molecule has 2 fully saturated rings. The lowest BCUT2D eigenvalue weighted by atomic mass is 9.95. The standard InChI is InChI=1S/C19H28N4O2/c1-2-17(21-16-6-4-3-5-7-16)18(24)22-11-8-15(9-12-22)14-23-13-10-20-19(23)25/h3-7,15,17,21H,2,8-14H2,1H3,(H,20,25). The SMILES string of the molecule is CCC(Nc1ccccc1)C(=O)N1CCC(CN2CCNC2=O)CC1. The number of benzene rings is 1. The van der Waals surface area contributed by atoms with Crippen LogP contribution in [-0.4, -0.2) is 60.5 Å². The maximum Gasteiger partial charge on any atom is 0.317 e. The fourth-order valence-corrected chi connectivity index (χ4v) is 3.63. The lowest BCUT2D eigenvalue weighted by Crippen LogP contribution is -2.47. The summed E-state index contributed by atoms with van der Waals surface area (Å²) in [6.07, 6.45) is 2.70. The second-order valence-electron chi connectivity index (χ2n) is 6.92. The second kappa shape index (κ2) is 8.23. The molecular formula is C19H28N4O2. The van der Waals surface area contributed by atoms with E-state index in [-0.39, 0.29) is 18.0 Å². The molecule has 25 heavy (non-hydrogen) atoms. The largest absolute Gasteiger partial charge is 0.374 e. The van der Waals surface area contributed by atoms with E-state index in [2.05, 4.69) is 10.6 Å². The van der Waals surface area contributed by atoms with Crippen LogP contribution in [0.5, 0.6) is 0 Å². The van der Waals surface area contributed by atoms with E-state index in [1.165, 1.54) is 0 Å². The predicted octanol–water partition coefficient (Wildman–Crippen LogP) is 2.14. The highest BCUT2D eigenvalue weighted by atomic mass is 16.2. The Hall–Kier alpha value is -2.24. The molecule has 2 N–H and O–H groups in total. The normalized spacial score (nSPS) is 19.6. The van der Waals surface area contributed by atoms with Crippen LogP contribution in [0.1, 0.15) is 26.2 Å². The van der Waals surface area contributed by atoms with E-state index < -0.39 is 0 Å². The number of carbonyl (C=O) groups excluding carboxylic acids is 2. The van der Waals surface area contributed by atoms with Crippen molar-refractivity contribution in [1.29, 1.82) is 0 Å². The van der Waals surface area contributed by atoms with Crippen molar-refractivity contribution in [2.75, 3.05) is 38.0 Å². The van der Waals surface area contributed by atoms with E-state index in [9.17, 15) is 9.59 Å². The van der Waals surface area contributed by atoms with Crippen LogP contribution in [0.4, 0.5) is 10.5 Å². The van der Waals surface area contributed by atoms with Crippen LogP contribution >= 0.6 is 0 Å². The zero-order valence-corrected chi connectivity index (χ0v) is 14.9. The van der Waals surface area contributed by atoms with Gasteiger partial charge in [-0.15, -0.1) is 0 Å². The predicted molar refractivity (Wildman–Crippen MR) is 98.4 cm³/mol. The molecule has 0 aliphatic carbocycles. The Morgan fingerprint density at radius 2 is 1.96 bits per heavy atom. The molecule has 1 atom stereocenters. The Labute approximate surface area is 149 Å². The van der Waals surface area contributed by atoms with Gasteiger partial charge in [-0.2, -0.15) is 0 Å². The van der Waals surface area contributed by atoms with Crippen LogP contribution < -0.4 is 10.6 Å². The van der Waals surface area contributed by atoms with Crippen molar-refractivity contribution < 1.29 is 9.59 Å². The molecule has 2 aliphatic heterocycles. The molecule has 1 unspecified atom stereocenters. The highest BCUT2D eigenvalue weighted by Crippen LogP contribution is 2.21. The molecule has 2 saturated heterocycles. The number of nitrogens with one attached hydrogen (secondary N) is 2. The molecule has 3 amide bonds. The van der Waals surface area contributed by atoms with Gasteiger partial charge in [-0.3, -0.25) is 4.79 Å². The molecule has 6 nitrogen and oxygen atoms in total. The number of carbonyl (C=O) groups is 2. The maximum absolute atomic E-state index is 12.8. The summed E-state index contributed by atoms with van der Waals surface area (Å²) in [5.41, 5.74) is 0.984. The summed E-state index contributed by atoms with van der Waals surface area (Å²) >= 11 is 0. The molecule has 1 aromatic carbocycles. The van der Waals surface area contributed by atoms with Gasteiger partial charge in [-0.1, -0.05) is 25.1 Å². The smallest absolute Gasteiger partial charge is 0.317 e. The van der Waals surface area contributed by atoms with Gasteiger partial charge >= 0.3 is 6.03 Å². The third-order valence-electron chi connectivity index (χ3n) is 5.17. The highest BCUT2D eigenvalue weighted by molar-refractivity contribution is 5.84. The minimum Gasteiger partial charge on any atom is -0.374 e. The number of rotatable bonds is 6. The van der Waals surface area contributed by atoms with Gasteiger partial charge in [0, 0.05) is 38.4 Å². The number of piperidine rings is 1. The van der Waals surface area contributed by atoms with Crippen LogP contribution in [-0.2, 0) is 4.79 Å². The molecule has 0 aromatic heterocycles. The topological polar surface area (TPSA) is 64.7 Å². The van der Waals surface area contributed by atoms with Gasteiger partial charge in [-0.05, 0) is 37.3 Å². The minimum absolute atomic E-state index is 0.0524. The quantitative estimate of drug-likeness (QED) is 0.831. The molecule has 0 bridgehead atoms. The molecule has 0 radical (unpaired) electrons. The van der Waals surface area contributed by atoms with Crippen molar-refractivity contribution >= 4 is 17.6 Å². The van der Waals surface area contributed by atoms with Crippen LogP contribution in [0.15, 0.2) is 30.3 Å². The summed E-state index contributed by atoms with van der Waals surface area (Å²) in [4.78, 5) is 28.4. The van der Waals surface area contributed by atoms with Crippen molar-refractivity contribution in [3.05, 3.63) is 30.3 Å². The number of hydrogen-bond donors (Lipinski definition) is 2. The Morgan fingerprint density at radius 3 is 2.56 bits per heavy atom. The molecule has 2 heterocycles. The first kappa shape index (κ1) is 17.6. The van der Waals surface area contributed by atoms with E-state index in [0.29, 0.717) is 5.92 Å². The lowest BCUT2D eigenvalue weighted by molar-refractivity contribution is -0.133. The first-order chi connectivity index (χ1) is 12.2. The van der Waals surface area contributed by atoms with Gasteiger partial charge in [0.05, 0.1) is 0 Å². The average Bonchev–Trinajstić information content (AvgIpc) is 3.05. The summed E-state index contributed by atoms with van der Waals surface area (Å²) < 4.78 is 0. The van der Waals surface area contributed by atoms with Gasteiger partial charge in [0.25, 0.3) is 0 Å². The second-order valence-corrected chi connectivity index (χ2v) is 6.92. The molecule has 0 saturated carbocycles. The molecule has 3 rings (SSSR count). The van der Waals surface area contributed by atoms with Crippen LogP contribution in [0.2, 0.25) is 0 Å². The number of para-hydroxylation sites is 1. The Bertz CT molecular complexity index is 584. The Morgan fingerprint density at radius 1 is 1.24 bits per heavy atom. The third-order valence-corrected chi connectivity index (χ3v) is 5.17. The third kappa shape index (κ3) is 4.44. The molecule has 136 valence electrons. The Kier molecular flexibility index (Phi) is 5.79. The van der Waals surface area contributed by atoms with Crippen molar-refractivity contribution in [2.24, 2.45) is 5.92 Å². The van der Waals surface area contributed by atoms with Crippen molar-refractivity contribution in [3.8, 4) is 0 Å². The summed E-state index contributed by atoms with van der Waals surface area (Å²) in [5.74, 6) is 0.679. The molecule has 6 heteroatoms. The van der Waals surface area contributed by atoms with Crippen molar-refractivity contribution in [2.45, 2.75) is 32.2 Å². The summed E-state index contributed by atoms with van der Waals surface area (Å²) in [5, 5.41) is 6.20. The first-order valence-corrected chi connectivity index (χ1v) is 9.30. The van der Waals surface area contributed by atoms with Crippen molar-refractivity contribution in [1.82, 2.24) is 15.1 Å². The highest BCUT2D eigenvalue weighted by Gasteiger charge is 2.30. The zero-order chi connectivity index (χ0) is 17.6. The van der Waals surface area contributed by atoms with E-state index in [1.54, 1.807) is 0 Å². The summed E-state index contributed by atoms with van der Waals surface area (Å²) in [7, 11) is 0. The zero-order valence-electron chi connectivity index (χ0n) is 14.9. The minimum atomic E-state index is -0.177. The van der Waals surface area contributed by atoms with E-state index in [4.69, 9.17) is 0 Å². The fraction of sp³-hybridized carbons (Fsp3) is 0.579. The van der Waals surface area contributed by atoms with Crippen LogP contribution in [0, 0.1) is 5.92 Å². The van der Waals surface area contributed by atoms with Crippen LogP contribution in [0.3, 0.4) is 0 Å². The number of amides is 3. The fourth-order valence-electron chi connectivity index (χ4n) is 3.63. The monoisotopic (exact) mass is 344 g/mol. The number of anilines is 1.